The molecule has 2 heterocycles. The van der Waals surface area contributed by atoms with Crippen LogP contribution in [-0.2, 0) is 19.7 Å². The van der Waals surface area contributed by atoms with Crippen molar-refractivity contribution in [2.75, 3.05) is 9.80 Å². The van der Waals surface area contributed by atoms with E-state index in [9.17, 15) is 16.8 Å². The number of allylic oxidation sites excluding steroid dienone is 8. The molecule has 6 nitrogen and oxygen atoms in total. The minimum Gasteiger partial charge on any atom is -0.356 e. The zero-order valence-electron chi connectivity index (χ0n) is 32.8. The van der Waals surface area contributed by atoms with Crippen molar-refractivity contribution >= 4 is 55.0 Å². The van der Waals surface area contributed by atoms with Crippen LogP contribution in [0.3, 0.4) is 0 Å². The van der Waals surface area contributed by atoms with E-state index in [-0.39, 0.29) is 12.1 Å². The Kier molecular flexibility index (Phi) is 9.62. The number of anilines is 3. The summed E-state index contributed by atoms with van der Waals surface area (Å²) in [6.07, 6.45) is 27.0. The highest BCUT2D eigenvalue weighted by atomic mass is 32.2. The van der Waals surface area contributed by atoms with Crippen molar-refractivity contribution in [1.29, 1.82) is 0 Å². The predicted molar refractivity (Wildman–Crippen MR) is 245 cm³/mol. The van der Waals surface area contributed by atoms with Crippen molar-refractivity contribution in [3.8, 4) is 11.1 Å². The van der Waals surface area contributed by atoms with Gasteiger partial charge in [-0.15, -0.1) is 0 Å². The summed E-state index contributed by atoms with van der Waals surface area (Å²) in [6, 6.07) is 39.5. The number of sulfone groups is 2. The van der Waals surface area contributed by atoms with E-state index in [1.54, 1.807) is 24.3 Å². The third kappa shape index (κ3) is 6.76. The lowest BCUT2D eigenvalue weighted by atomic mass is 9.95. The molecule has 10 rings (SSSR count). The molecule has 8 heteroatoms. The summed E-state index contributed by atoms with van der Waals surface area (Å²) < 4.78 is 55.7. The maximum Gasteiger partial charge on any atom is 0.210 e. The second-order valence-electron chi connectivity index (χ2n) is 15.6. The molecule has 0 bridgehead atoms. The van der Waals surface area contributed by atoms with E-state index in [1.165, 1.54) is 0 Å². The van der Waals surface area contributed by atoms with Crippen LogP contribution in [0.2, 0.25) is 0 Å². The summed E-state index contributed by atoms with van der Waals surface area (Å²) in [7, 11) is -7.32. The van der Waals surface area contributed by atoms with Gasteiger partial charge in [0, 0.05) is 11.4 Å². The van der Waals surface area contributed by atoms with Crippen LogP contribution in [0.5, 0.6) is 0 Å². The van der Waals surface area contributed by atoms with Crippen LogP contribution in [0.4, 0.5) is 17.1 Å². The smallest absolute Gasteiger partial charge is 0.210 e. The molecule has 0 spiro atoms. The summed E-state index contributed by atoms with van der Waals surface area (Å²) in [5.74, 6) is 0. The van der Waals surface area contributed by atoms with Crippen molar-refractivity contribution in [2.24, 2.45) is 0 Å². The van der Waals surface area contributed by atoms with Crippen LogP contribution in [0, 0.1) is 0 Å². The number of hydrogen-bond acceptors (Lipinski definition) is 6. The fourth-order valence-electron chi connectivity index (χ4n) is 8.91. The van der Waals surface area contributed by atoms with Crippen molar-refractivity contribution in [2.45, 2.75) is 47.6 Å². The van der Waals surface area contributed by atoms with E-state index >= 15 is 0 Å². The summed E-state index contributed by atoms with van der Waals surface area (Å²) in [6.45, 7) is 0. The molecule has 0 amide bonds. The van der Waals surface area contributed by atoms with E-state index in [1.807, 2.05) is 103 Å². The van der Waals surface area contributed by atoms with Crippen LogP contribution in [-0.4, -0.2) is 28.9 Å². The third-order valence-electron chi connectivity index (χ3n) is 11.9. The standard InChI is InChI=1S/C52H42N2O4S2/c55-59(56)49-17-9-7-15-45(49)53(43-11-3-1-4-12-43)47-33-27-39(35-51(47)59)21-19-37-23-29-41(30-24-37)42-31-25-38(26-32-42)20-22-40-28-34-48-52(36-40)60(57,58)50-18-10-8-16-46(50)54(48)44-13-5-2-6-14-44/h1-7,9-11,13-15,17-32,34-36,43,47H,8,12,16,33H2/b21-19+,22-20+. The van der Waals surface area contributed by atoms with Gasteiger partial charge in [0.05, 0.1) is 43.1 Å². The lowest BCUT2D eigenvalue weighted by Crippen LogP contribution is -2.49. The summed E-state index contributed by atoms with van der Waals surface area (Å²) in [5, 5.41) is 0. The van der Waals surface area contributed by atoms with Gasteiger partial charge in [-0.25, -0.2) is 16.8 Å². The maximum absolute atomic E-state index is 13.9. The summed E-state index contributed by atoms with van der Waals surface area (Å²) in [4.78, 5) is 5.90. The van der Waals surface area contributed by atoms with E-state index in [4.69, 9.17) is 0 Å². The van der Waals surface area contributed by atoms with Crippen LogP contribution in [0.25, 0.3) is 29.4 Å². The molecule has 2 unspecified atom stereocenters. The highest BCUT2D eigenvalue weighted by Gasteiger charge is 2.43. The van der Waals surface area contributed by atoms with E-state index < -0.39 is 19.7 Å². The number of rotatable bonds is 7. The molecular weight excluding hydrogens is 781 g/mol. The number of benzene rings is 5. The average molecular weight is 823 g/mol. The fourth-order valence-corrected chi connectivity index (χ4v) is 12.5. The molecule has 0 aromatic heterocycles. The Bertz CT molecular complexity index is 3010. The van der Waals surface area contributed by atoms with Gasteiger partial charge in [0.25, 0.3) is 0 Å². The van der Waals surface area contributed by atoms with Crippen molar-refractivity contribution in [3.63, 3.8) is 0 Å². The first-order chi connectivity index (χ1) is 29.3. The second-order valence-corrected chi connectivity index (χ2v) is 19.4. The van der Waals surface area contributed by atoms with Gasteiger partial charge in [-0.1, -0.05) is 146 Å². The fraction of sp³-hybridized carbons (Fsp3) is 0.115. The van der Waals surface area contributed by atoms with Crippen molar-refractivity contribution in [1.82, 2.24) is 0 Å². The van der Waals surface area contributed by atoms with Gasteiger partial charge < -0.3 is 9.80 Å². The van der Waals surface area contributed by atoms with Crippen LogP contribution in [0.15, 0.2) is 207 Å². The lowest BCUT2D eigenvalue weighted by molar-refractivity contribution is 0.560. The molecule has 0 N–H and O–H groups in total. The number of nitrogens with zero attached hydrogens (tertiary/aromatic N) is 2. The van der Waals surface area contributed by atoms with Gasteiger partial charge in [0.2, 0.25) is 19.7 Å². The Labute approximate surface area is 352 Å². The molecule has 0 saturated carbocycles. The Morgan fingerprint density at radius 2 is 1.28 bits per heavy atom. The summed E-state index contributed by atoms with van der Waals surface area (Å²) >= 11 is 0. The monoisotopic (exact) mass is 822 g/mol. The first kappa shape index (κ1) is 37.8. The molecule has 3 aliphatic carbocycles. The van der Waals surface area contributed by atoms with Gasteiger partial charge in [0.1, 0.15) is 0 Å². The minimum absolute atomic E-state index is 0.0914. The Morgan fingerprint density at radius 1 is 0.600 bits per heavy atom. The Hall–Kier alpha value is -6.48. The highest BCUT2D eigenvalue weighted by molar-refractivity contribution is 7.96. The van der Waals surface area contributed by atoms with Crippen LogP contribution in [0.1, 0.15) is 42.4 Å². The third-order valence-corrected chi connectivity index (χ3v) is 15.7. The first-order valence-electron chi connectivity index (χ1n) is 20.3. The highest BCUT2D eigenvalue weighted by Crippen LogP contribution is 2.47. The zero-order valence-corrected chi connectivity index (χ0v) is 34.4. The topological polar surface area (TPSA) is 74.8 Å². The quantitative estimate of drug-likeness (QED) is 0.152. The number of fused-ring (bicyclic) bond motifs is 3. The Balaban J connectivity index is 0.839. The molecule has 0 saturated heterocycles. The van der Waals surface area contributed by atoms with Gasteiger partial charge in [-0.3, -0.25) is 0 Å². The molecule has 296 valence electrons. The SMILES string of the molecule is O=S1(=O)C2=C(CCC=C2)N(c2ccccc2)c2ccc(/C=C/c3ccc(-c4ccc(/C=C/C5=CCC6C(=C5)S(=O)(=O)c5ccccc5N6C5C=CC=CC5)cc4)cc3)cc21. The largest absolute Gasteiger partial charge is 0.356 e. The molecule has 2 aliphatic heterocycles. The molecule has 5 aliphatic rings. The second kappa shape index (κ2) is 15.3. The minimum atomic E-state index is -3.68. The molecule has 60 heavy (non-hydrogen) atoms. The average Bonchev–Trinajstić information content (AvgIpc) is 3.29. The normalized spacial score (nSPS) is 21.0. The molecule has 0 fully saturated rings. The van der Waals surface area contributed by atoms with E-state index in [2.05, 4.69) is 76.6 Å². The van der Waals surface area contributed by atoms with Gasteiger partial charge >= 0.3 is 0 Å². The number of para-hydroxylation sites is 2. The van der Waals surface area contributed by atoms with Gasteiger partial charge in [-0.05, 0) is 108 Å². The molecular formula is C52H42N2O4S2. The maximum atomic E-state index is 13.9. The van der Waals surface area contributed by atoms with Crippen molar-refractivity contribution in [3.05, 3.63) is 214 Å². The molecule has 2 atom stereocenters. The van der Waals surface area contributed by atoms with Crippen molar-refractivity contribution < 1.29 is 16.8 Å². The van der Waals surface area contributed by atoms with Gasteiger partial charge in [-0.2, -0.15) is 0 Å². The molecule has 5 aromatic carbocycles. The summed E-state index contributed by atoms with van der Waals surface area (Å²) in [5.41, 5.74) is 9.09. The Morgan fingerprint density at radius 3 is 2.02 bits per heavy atom. The van der Waals surface area contributed by atoms with E-state index in [0.29, 0.717) is 38.1 Å². The van der Waals surface area contributed by atoms with E-state index in [0.717, 1.165) is 63.3 Å². The predicted octanol–water partition coefficient (Wildman–Crippen LogP) is 11.8. The first-order valence-corrected chi connectivity index (χ1v) is 23.3. The molecule has 5 aromatic rings. The number of hydrogen-bond donors (Lipinski definition) is 0. The zero-order chi connectivity index (χ0) is 40.8. The van der Waals surface area contributed by atoms with Crippen LogP contribution < -0.4 is 9.80 Å². The van der Waals surface area contributed by atoms with Gasteiger partial charge in [0.15, 0.2) is 0 Å². The lowest BCUT2D eigenvalue weighted by Gasteiger charge is -2.44. The molecule has 0 radical (unpaired) electrons. The van der Waals surface area contributed by atoms with Crippen LogP contribution >= 0.6 is 0 Å².